The van der Waals surface area contributed by atoms with E-state index in [9.17, 15) is 0 Å². The minimum atomic E-state index is 0.726. The highest BCUT2D eigenvalue weighted by Gasteiger charge is 2.05. The number of nitrogens with zero attached hydrogens (tertiary/aromatic N) is 2. The molecule has 0 spiro atoms. The van der Waals surface area contributed by atoms with Gasteiger partial charge in [0.05, 0.1) is 23.1 Å². The largest absolute Gasteiger partial charge is 0.470 e. The van der Waals surface area contributed by atoms with Crippen molar-refractivity contribution in [3.63, 3.8) is 0 Å². The summed E-state index contributed by atoms with van der Waals surface area (Å²) in [6.45, 7) is 2.87. The van der Waals surface area contributed by atoms with Gasteiger partial charge in [-0.15, -0.1) is 0 Å². The summed E-state index contributed by atoms with van der Waals surface area (Å²) in [7, 11) is 0. The van der Waals surface area contributed by atoms with Crippen molar-refractivity contribution in [1.82, 2.24) is 4.98 Å². The second-order valence-corrected chi connectivity index (χ2v) is 4.95. The van der Waals surface area contributed by atoms with Gasteiger partial charge in [0, 0.05) is 10.9 Å². The average molecular weight is 290 g/mol. The number of thiocarbonyl (C=S) groups is 1. The lowest BCUT2D eigenvalue weighted by atomic mass is 10.1. The number of thiazole rings is 1. The number of rotatable bonds is 6. The van der Waals surface area contributed by atoms with Crippen molar-refractivity contribution in [1.29, 1.82) is 0 Å². The number of aliphatic imine (C=N–C) groups is 1. The van der Waals surface area contributed by atoms with Gasteiger partial charge < -0.3 is 4.74 Å². The molecule has 2 rings (SSSR count). The van der Waals surface area contributed by atoms with Crippen LogP contribution in [0.1, 0.15) is 19.8 Å². The van der Waals surface area contributed by atoms with Gasteiger partial charge in [-0.05, 0) is 30.8 Å². The van der Waals surface area contributed by atoms with Crippen LogP contribution in [-0.4, -0.2) is 16.8 Å². The zero-order valence-electron chi connectivity index (χ0n) is 10.6. The molecule has 98 valence electrons. The van der Waals surface area contributed by atoms with Gasteiger partial charge in [-0.3, -0.25) is 0 Å². The second-order valence-electron chi connectivity index (χ2n) is 3.95. The van der Waals surface area contributed by atoms with E-state index in [4.69, 9.17) is 4.74 Å². The number of benzene rings is 1. The fourth-order valence-electron chi connectivity index (χ4n) is 1.52. The van der Waals surface area contributed by atoms with Crippen LogP contribution in [0.15, 0.2) is 34.6 Å². The van der Waals surface area contributed by atoms with E-state index in [1.165, 1.54) is 11.3 Å². The summed E-state index contributed by atoms with van der Waals surface area (Å²) in [4.78, 5) is 8.38. The number of aromatic nitrogens is 1. The van der Waals surface area contributed by atoms with Crippen LogP contribution in [0, 0.1) is 0 Å². The Morgan fingerprint density at radius 1 is 1.37 bits per heavy atom. The Bertz CT molecular complexity index is 571. The molecule has 1 heterocycles. The number of unbranched alkanes of at least 4 members (excludes halogenated alkanes) is 1. The summed E-state index contributed by atoms with van der Waals surface area (Å²) in [6.07, 6.45) is 2.18. The van der Waals surface area contributed by atoms with Gasteiger partial charge >= 0.3 is 0 Å². The molecule has 0 saturated carbocycles. The van der Waals surface area contributed by atoms with E-state index < -0.39 is 0 Å². The predicted molar refractivity (Wildman–Crippen MR) is 82.6 cm³/mol. The van der Waals surface area contributed by atoms with Crippen LogP contribution in [0.25, 0.3) is 11.3 Å². The van der Waals surface area contributed by atoms with Crippen molar-refractivity contribution >= 4 is 34.4 Å². The van der Waals surface area contributed by atoms with E-state index in [1.54, 1.807) is 0 Å². The summed E-state index contributed by atoms with van der Waals surface area (Å²) in [5, 5.41) is 5.08. The molecule has 0 aliphatic carbocycles. The van der Waals surface area contributed by atoms with Crippen molar-refractivity contribution in [2.45, 2.75) is 19.8 Å². The van der Waals surface area contributed by atoms with E-state index in [1.807, 2.05) is 29.6 Å². The average Bonchev–Trinajstić information content (AvgIpc) is 2.89. The first-order chi connectivity index (χ1) is 9.33. The van der Waals surface area contributed by atoms with E-state index in [0.717, 1.165) is 41.6 Å². The maximum atomic E-state index is 5.58. The Kier molecular flexibility index (Phi) is 5.21. The first kappa shape index (κ1) is 13.9. The predicted octanol–water partition coefficient (Wildman–Crippen LogP) is 4.72. The fourth-order valence-corrected chi connectivity index (χ4v) is 2.33. The molecule has 2 aromatic rings. The topological polar surface area (TPSA) is 34.5 Å². The molecule has 0 fully saturated rings. The zero-order valence-corrected chi connectivity index (χ0v) is 12.3. The van der Waals surface area contributed by atoms with E-state index in [-0.39, 0.29) is 0 Å². The number of isothiocyanates is 1. The minimum absolute atomic E-state index is 0.726. The molecule has 19 heavy (non-hydrogen) atoms. The first-order valence-electron chi connectivity index (χ1n) is 6.10. The van der Waals surface area contributed by atoms with Gasteiger partial charge in [0.15, 0.2) is 0 Å². The van der Waals surface area contributed by atoms with Crippen LogP contribution in [0.4, 0.5) is 5.69 Å². The van der Waals surface area contributed by atoms with Crippen LogP contribution in [0.5, 0.6) is 5.19 Å². The highest BCUT2D eigenvalue weighted by Crippen LogP contribution is 2.27. The van der Waals surface area contributed by atoms with Crippen LogP contribution in [0.2, 0.25) is 0 Å². The SMILES string of the molecule is CCCCOc1nc(-c2ccc(N=C=S)cc2)cs1. The summed E-state index contributed by atoms with van der Waals surface area (Å²) >= 11 is 6.09. The third-order valence-electron chi connectivity index (χ3n) is 2.54. The Morgan fingerprint density at radius 2 is 2.16 bits per heavy atom. The molecule has 0 atom stereocenters. The maximum Gasteiger partial charge on any atom is 0.273 e. The Labute approximate surface area is 122 Å². The maximum absolute atomic E-state index is 5.58. The first-order valence-corrected chi connectivity index (χ1v) is 7.39. The van der Waals surface area contributed by atoms with Gasteiger partial charge in [-0.1, -0.05) is 36.8 Å². The molecule has 3 nitrogen and oxygen atoms in total. The molecule has 5 heteroatoms. The third-order valence-corrected chi connectivity index (χ3v) is 3.39. The van der Waals surface area contributed by atoms with Gasteiger partial charge in [0.2, 0.25) is 0 Å². The lowest BCUT2D eigenvalue weighted by Crippen LogP contribution is -1.95. The highest BCUT2D eigenvalue weighted by atomic mass is 32.1. The fraction of sp³-hybridized carbons (Fsp3) is 0.286. The van der Waals surface area contributed by atoms with Gasteiger partial charge in [-0.25, -0.2) is 4.98 Å². The van der Waals surface area contributed by atoms with Gasteiger partial charge in [0.1, 0.15) is 0 Å². The Hall–Kier alpha value is -1.55. The van der Waals surface area contributed by atoms with Crippen LogP contribution in [0.3, 0.4) is 0 Å². The molecule has 1 aromatic heterocycles. The van der Waals surface area contributed by atoms with Crippen molar-refractivity contribution in [2.75, 3.05) is 6.61 Å². The van der Waals surface area contributed by atoms with Crippen molar-refractivity contribution in [2.24, 2.45) is 4.99 Å². The summed E-state index contributed by atoms with van der Waals surface area (Å²) in [6, 6.07) is 7.73. The molecule has 0 aliphatic heterocycles. The quantitative estimate of drug-likeness (QED) is 0.438. The molecular weight excluding hydrogens is 276 g/mol. The molecule has 1 aromatic carbocycles. The monoisotopic (exact) mass is 290 g/mol. The second kappa shape index (κ2) is 7.14. The van der Waals surface area contributed by atoms with Crippen molar-refractivity contribution in [3.05, 3.63) is 29.6 Å². The van der Waals surface area contributed by atoms with Gasteiger partial charge in [-0.2, -0.15) is 4.99 Å². The molecule has 0 N–H and O–H groups in total. The smallest absolute Gasteiger partial charge is 0.273 e. The van der Waals surface area contributed by atoms with Crippen LogP contribution < -0.4 is 4.74 Å². The number of hydrogen-bond donors (Lipinski definition) is 0. The summed E-state index contributed by atoms with van der Waals surface area (Å²) < 4.78 is 5.58. The van der Waals surface area contributed by atoms with Crippen molar-refractivity contribution in [3.8, 4) is 16.5 Å². The van der Waals surface area contributed by atoms with E-state index >= 15 is 0 Å². The highest BCUT2D eigenvalue weighted by molar-refractivity contribution is 7.78. The number of ether oxygens (including phenoxy) is 1. The Balaban J connectivity index is 2.07. The summed E-state index contributed by atoms with van der Waals surface area (Å²) in [5.74, 6) is 0. The standard InChI is InChI=1S/C14H14N2OS2/c1-2-3-8-17-14-16-13(9-19-14)11-4-6-12(7-5-11)15-10-18/h4-7,9H,2-3,8H2,1H3. The third kappa shape index (κ3) is 3.96. The minimum Gasteiger partial charge on any atom is -0.470 e. The molecule has 0 bridgehead atoms. The zero-order chi connectivity index (χ0) is 13.5. The van der Waals surface area contributed by atoms with E-state index in [0.29, 0.717) is 0 Å². The molecule has 0 saturated heterocycles. The van der Waals surface area contributed by atoms with Crippen LogP contribution >= 0.6 is 23.6 Å². The molecular formula is C14H14N2OS2. The summed E-state index contributed by atoms with van der Waals surface area (Å²) in [5.41, 5.74) is 2.77. The van der Waals surface area contributed by atoms with Crippen molar-refractivity contribution < 1.29 is 4.74 Å². The Morgan fingerprint density at radius 3 is 2.84 bits per heavy atom. The molecule has 0 radical (unpaired) electrons. The lowest BCUT2D eigenvalue weighted by molar-refractivity contribution is 0.308. The van der Waals surface area contributed by atoms with Gasteiger partial charge in [0.25, 0.3) is 5.19 Å². The molecule has 0 unspecified atom stereocenters. The molecule has 0 aliphatic rings. The number of hydrogen-bond acceptors (Lipinski definition) is 5. The van der Waals surface area contributed by atoms with E-state index in [2.05, 4.69) is 34.3 Å². The van der Waals surface area contributed by atoms with Crippen LogP contribution in [-0.2, 0) is 0 Å². The molecule has 0 amide bonds. The normalized spacial score (nSPS) is 9.95. The lowest BCUT2D eigenvalue weighted by Gasteiger charge is -1.99.